The Bertz CT molecular complexity index is 809. The largest absolute Gasteiger partial charge is 0.393 e. The average Bonchev–Trinajstić information content (AvgIpc) is 2.61. The van der Waals surface area contributed by atoms with Crippen molar-refractivity contribution in [3.63, 3.8) is 0 Å². The highest BCUT2D eigenvalue weighted by molar-refractivity contribution is 6.32. The lowest BCUT2D eigenvalue weighted by Gasteiger charge is -2.13. The number of aromatic nitrogens is 3. The van der Waals surface area contributed by atoms with Crippen LogP contribution >= 0.6 is 11.6 Å². The Balaban J connectivity index is 1.68. The highest BCUT2D eigenvalue weighted by Gasteiger charge is 2.09. The van der Waals surface area contributed by atoms with Crippen LogP contribution in [0.5, 0.6) is 0 Å². The van der Waals surface area contributed by atoms with Gasteiger partial charge in [0, 0.05) is 12.7 Å². The molecule has 0 aliphatic rings. The molecule has 2 heterocycles. The molecule has 7 heteroatoms. The lowest BCUT2D eigenvalue weighted by molar-refractivity contribution is 1.00. The standard InChI is InChI=1S/C17H17ClN6/c18-15-13(7-4-9-20-15)24-17-14(19)16(22-11-23-17)21-10-8-12-5-2-1-3-6-12/h1-7,9,11H,8,10,19H2,(H2,21,22,23,24). The van der Waals surface area contributed by atoms with Gasteiger partial charge in [-0.15, -0.1) is 0 Å². The van der Waals surface area contributed by atoms with Crippen molar-refractivity contribution in [3.05, 3.63) is 65.7 Å². The summed E-state index contributed by atoms with van der Waals surface area (Å²) in [4.78, 5) is 12.4. The van der Waals surface area contributed by atoms with E-state index in [0.29, 0.717) is 28.2 Å². The van der Waals surface area contributed by atoms with Gasteiger partial charge in [-0.25, -0.2) is 15.0 Å². The Morgan fingerprint density at radius 3 is 2.54 bits per heavy atom. The molecule has 0 spiro atoms. The van der Waals surface area contributed by atoms with Crippen LogP contribution in [0.1, 0.15) is 5.56 Å². The van der Waals surface area contributed by atoms with Crippen LogP contribution in [0.15, 0.2) is 55.0 Å². The number of nitrogens with zero attached hydrogens (tertiary/aromatic N) is 3. The Labute approximate surface area is 145 Å². The Morgan fingerprint density at radius 1 is 0.958 bits per heavy atom. The number of hydrogen-bond donors (Lipinski definition) is 3. The quantitative estimate of drug-likeness (QED) is 0.595. The van der Waals surface area contributed by atoms with Crippen molar-refractivity contribution in [2.75, 3.05) is 22.9 Å². The van der Waals surface area contributed by atoms with Crippen molar-refractivity contribution in [2.45, 2.75) is 6.42 Å². The molecule has 4 N–H and O–H groups in total. The molecule has 0 amide bonds. The SMILES string of the molecule is Nc1c(NCCc2ccccc2)ncnc1Nc1cccnc1Cl. The highest BCUT2D eigenvalue weighted by Crippen LogP contribution is 2.28. The van der Waals surface area contributed by atoms with Crippen LogP contribution in [0.4, 0.5) is 23.0 Å². The summed E-state index contributed by atoms with van der Waals surface area (Å²) in [5.41, 5.74) is 8.47. The Morgan fingerprint density at radius 2 is 1.75 bits per heavy atom. The lowest BCUT2D eigenvalue weighted by atomic mass is 10.1. The van der Waals surface area contributed by atoms with Crippen molar-refractivity contribution in [2.24, 2.45) is 0 Å². The first-order valence-corrected chi connectivity index (χ1v) is 7.87. The number of anilines is 4. The second kappa shape index (κ2) is 7.61. The first-order chi connectivity index (χ1) is 11.7. The minimum absolute atomic E-state index is 0.356. The van der Waals surface area contributed by atoms with E-state index < -0.39 is 0 Å². The smallest absolute Gasteiger partial charge is 0.159 e. The number of nitrogens with two attached hydrogens (primary N) is 1. The summed E-state index contributed by atoms with van der Waals surface area (Å²) in [6.45, 7) is 0.721. The molecule has 2 aromatic heterocycles. The topological polar surface area (TPSA) is 88.8 Å². The van der Waals surface area contributed by atoms with Gasteiger partial charge in [0.05, 0.1) is 5.69 Å². The first-order valence-electron chi connectivity index (χ1n) is 7.50. The molecule has 24 heavy (non-hydrogen) atoms. The van der Waals surface area contributed by atoms with Crippen molar-refractivity contribution in [1.82, 2.24) is 15.0 Å². The molecule has 3 aromatic rings. The molecule has 1 aromatic carbocycles. The third kappa shape index (κ3) is 3.91. The Kier molecular flexibility index (Phi) is 5.08. The van der Waals surface area contributed by atoms with Crippen LogP contribution in [-0.2, 0) is 6.42 Å². The zero-order valence-electron chi connectivity index (χ0n) is 12.9. The van der Waals surface area contributed by atoms with Gasteiger partial charge in [0.2, 0.25) is 0 Å². The number of halogens is 1. The van der Waals surface area contributed by atoms with E-state index >= 15 is 0 Å². The second-order valence-electron chi connectivity index (χ2n) is 5.11. The van der Waals surface area contributed by atoms with Gasteiger partial charge in [-0.3, -0.25) is 0 Å². The molecule has 0 aliphatic heterocycles. The van der Waals surface area contributed by atoms with Crippen LogP contribution in [0, 0.1) is 0 Å². The summed E-state index contributed by atoms with van der Waals surface area (Å²) in [6, 6.07) is 13.8. The average molecular weight is 341 g/mol. The van der Waals surface area contributed by atoms with Gasteiger partial charge in [-0.2, -0.15) is 0 Å². The van der Waals surface area contributed by atoms with Crippen LogP contribution in [0.25, 0.3) is 0 Å². The zero-order chi connectivity index (χ0) is 16.8. The molecule has 0 bridgehead atoms. The summed E-state index contributed by atoms with van der Waals surface area (Å²) >= 11 is 6.04. The van der Waals surface area contributed by atoms with Gasteiger partial charge >= 0.3 is 0 Å². The summed E-state index contributed by atoms with van der Waals surface area (Å²) in [7, 11) is 0. The predicted octanol–water partition coefficient (Wildman–Crippen LogP) is 3.51. The van der Waals surface area contributed by atoms with Crippen LogP contribution < -0.4 is 16.4 Å². The fourth-order valence-electron chi connectivity index (χ4n) is 2.21. The third-order valence-electron chi connectivity index (χ3n) is 3.45. The number of hydrogen-bond acceptors (Lipinski definition) is 6. The molecule has 0 fully saturated rings. The second-order valence-corrected chi connectivity index (χ2v) is 5.47. The maximum absolute atomic E-state index is 6.15. The summed E-state index contributed by atoms with van der Waals surface area (Å²) < 4.78 is 0. The minimum Gasteiger partial charge on any atom is -0.393 e. The molecule has 122 valence electrons. The number of benzene rings is 1. The van der Waals surface area contributed by atoms with Gasteiger partial charge in [-0.05, 0) is 24.1 Å². The number of nitrogens with one attached hydrogen (secondary N) is 2. The van der Waals surface area contributed by atoms with E-state index in [9.17, 15) is 0 Å². The van der Waals surface area contributed by atoms with Crippen LogP contribution in [-0.4, -0.2) is 21.5 Å². The zero-order valence-corrected chi connectivity index (χ0v) is 13.7. The number of pyridine rings is 1. The van der Waals surface area contributed by atoms with Gasteiger partial charge in [0.25, 0.3) is 0 Å². The lowest BCUT2D eigenvalue weighted by Crippen LogP contribution is -2.10. The molecule has 0 radical (unpaired) electrons. The molecule has 3 rings (SSSR count). The van der Waals surface area contributed by atoms with Gasteiger partial charge in [0.1, 0.15) is 12.0 Å². The fraction of sp³-hybridized carbons (Fsp3) is 0.118. The maximum atomic E-state index is 6.15. The third-order valence-corrected chi connectivity index (χ3v) is 3.75. The Hall–Kier alpha value is -2.86. The molecule has 0 atom stereocenters. The van der Waals surface area contributed by atoms with Gasteiger partial charge in [-0.1, -0.05) is 41.9 Å². The molecule has 6 nitrogen and oxygen atoms in total. The fourth-order valence-corrected chi connectivity index (χ4v) is 2.38. The normalized spacial score (nSPS) is 10.4. The van der Waals surface area contributed by atoms with Crippen molar-refractivity contribution >= 4 is 34.6 Å². The number of nitrogen functional groups attached to an aromatic ring is 1. The summed E-state index contributed by atoms with van der Waals surface area (Å²) in [5, 5.41) is 6.67. The molecule has 0 saturated carbocycles. The monoisotopic (exact) mass is 340 g/mol. The van der Waals surface area contributed by atoms with E-state index in [2.05, 4.69) is 37.7 Å². The van der Waals surface area contributed by atoms with E-state index in [1.54, 1.807) is 18.3 Å². The van der Waals surface area contributed by atoms with Crippen LogP contribution in [0.3, 0.4) is 0 Å². The first kappa shape index (κ1) is 16.0. The van der Waals surface area contributed by atoms with Crippen molar-refractivity contribution in [3.8, 4) is 0 Å². The summed E-state index contributed by atoms with van der Waals surface area (Å²) in [6.07, 6.45) is 3.95. The molecule has 0 unspecified atom stereocenters. The van der Waals surface area contributed by atoms with Crippen molar-refractivity contribution in [1.29, 1.82) is 0 Å². The van der Waals surface area contributed by atoms with E-state index in [0.717, 1.165) is 13.0 Å². The maximum Gasteiger partial charge on any atom is 0.159 e. The number of rotatable bonds is 6. The van der Waals surface area contributed by atoms with Gasteiger partial charge < -0.3 is 16.4 Å². The van der Waals surface area contributed by atoms with Gasteiger partial charge in [0.15, 0.2) is 16.8 Å². The molecule has 0 saturated heterocycles. The van der Waals surface area contributed by atoms with Crippen molar-refractivity contribution < 1.29 is 0 Å². The molecular formula is C17H17ClN6. The minimum atomic E-state index is 0.356. The van der Waals surface area contributed by atoms with E-state index in [1.807, 2.05) is 18.2 Å². The van der Waals surface area contributed by atoms with E-state index in [-0.39, 0.29) is 0 Å². The molecular weight excluding hydrogens is 324 g/mol. The predicted molar refractivity (Wildman–Crippen MR) is 97.6 cm³/mol. The van der Waals surface area contributed by atoms with Crippen LogP contribution in [0.2, 0.25) is 5.15 Å². The summed E-state index contributed by atoms with van der Waals surface area (Å²) in [5.74, 6) is 1.07. The van der Waals surface area contributed by atoms with E-state index in [4.69, 9.17) is 17.3 Å². The highest BCUT2D eigenvalue weighted by atomic mass is 35.5. The molecule has 0 aliphatic carbocycles. The van der Waals surface area contributed by atoms with E-state index in [1.165, 1.54) is 11.9 Å².